The first-order chi connectivity index (χ1) is 7.24. The molecule has 1 unspecified atom stereocenters. The molecular weight excluding hydrogens is 194 g/mol. The molecule has 4 heteroatoms. The molecule has 2 rings (SSSR count). The van der Waals surface area contributed by atoms with Crippen LogP contribution < -0.4 is 10.1 Å². The van der Waals surface area contributed by atoms with E-state index >= 15 is 0 Å². The van der Waals surface area contributed by atoms with Gasteiger partial charge in [0.05, 0.1) is 13.7 Å². The second-order valence-corrected chi connectivity index (χ2v) is 3.76. The molecule has 3 N–H and O–H groups in total. The Morgan fingerprint density at radius 1 is 1.47 bits per heavy atom. The first kappa shape index (κ1) is 10.3. The summed E-state index contributed by atoms with van der Waals surface area (Å²) < 4.78 is 5.04. The number of hydrogen-bond acceptors (Lipinski definition) is 4. The van der Waals surface area contributed by atoms with Gasteiger partial charge in [0, 0.05) is 12.6 Å². The lowest BCUT2D eigenvalue weighted by atomic mass is 9.95. The number of benzene rings is 1. The van der Waals surface area contributed by atoms with Gasteiger partial charge in [-0.05, 0) is 29.7 Å². The average molecular weight is 209 g/mol. The van der Waals surface area contributed by atoms with Crippen LogP contribution in [0.15, 0.2) is 12.1 Å². The van der Waals surface area contributed by atoms with E-state index in [0.717, 1.165) is 17.5 Å². The largest absolute Gasteiger partial charge is 0.504 e. The Labute approximate surface area is 88.5 Å². The molecule has 0 bridgehead atoms. The van der Waals surface area contributed by atoms with Crippen molar-refractivity contribution in [2.45, 2.75) is 19.0 Å². The number of aliphatic hydroxyl groups excluding tert-OH is 1. The van der Waals surface area contributed by atoms with Crippen LogP contribution in [0.5, 0.6) is 11.5 Å². The van der Waals surface area contributed by atoms with Crippen molar-refractivity contribution in [1.29, 1.82) is 0 Å². The molecule has 4 nitrogen and oxygen atoms in total. The van der Waals surface area contributed by atoms with E-state index in [0.29, 0.717) is 12.3 Å². The first-order valence-electron chi connectivity index (χ1n) is 4.97. The molecule has 0 fully saturated rings. The van der Waals surface area contributed by atoms with Crippen LogP contribution in [0.25, 0.3) is 0 Å². The van der Waals surface area contributed by atoms with Gasteiger partial charge in [0.2, 0.25) is 0 Å². The van der Waals surface area contributed by atoms with Crippen molar-refractivity contribution in [3.63, 3.8) is 0 Å². The Bertz CT molecular complexity index is 365. The zero-order valence-electron chi connectivity index (χ0n) is 8.66. The Kier molecular flexibility index (Phi) is 2.79. The molecule has 82 valence electrons. The third kappa shape index (κ3) is 1.91. The number of aromatic hydroxyl groups is 1. The summed E-state index contributed by atoms with van der Waals surface area (Å²) in [4.78, 5) is 0. The van der Waals surface area contributed by atoms with E-state index in [1.165, 1.54) is 7.11 Å². The van der Waals surface area contributed by atoms with E-state index in [9.17, 15) is 5.11 Å². The molecule has 1 aromatic rings. The number of ether oxygens (including phenoxy) is 1. The van der Waals surface area contributed by atoms with Crippen LogP contribution >= 0.6 is 0 Å². The lowest BCUT2D eigenvalue weighted by molar-refractivity contribution is 0.235. The van der Waals surface area contributed by atoms with Crippen molar-refractivity contribution >= 4 is 0 Å². The summed E-state index contributed by atoms with van der Waals surface area (Å²) in [5, 5.41) is 21.9. The minimum Gasteiger partial charge on any atom is -0.504 e. The summed E-state index contributed by atoms with van der Waals surface area (Å²) >= 11 is 0. The molecule has 0 aromatic heterocycles. The number of phenolic OH excluding ortho intramolecular Hbond substituents is 1. The van der Waals surface area contributed by atoms with Gasteiger partial charge in [-0.2, -0.15) is 0 Å². The van der Waals surface area contributed by atoms with Crippen molar-refractivity contribution in [3.05, 3.63) is 23.3 Å². The highest BCUT2D eigenvalue weighted by Crippen LogP contribution is 2.31. The SMILES string of the molecule is COc1cc2c(cc1O)CC(CO)NC2. The predicted molar refractivity (Wildman–Crippen MR) is 56.1 cm³/mol. The number of nitrogens with one attached hydrogen (secondary N) is 1. The minimum atomic E-state index is 0.0882. The number of fused-ring (bicyclic) bond motifs is 1. The van der Waals surface area contributed by atoms with Gasteiger partial charge in [-0.15, -0.1) is 0 Å². The standard InChI is InChI=1S/C11H15NO3/c1-15-11-4-8-5-12-9(6-13)2-7(8)3-10(11)14/h3-4,9,12-14H,2,5-6H2,1H3. The van der Waals surface area contributed by atoms with Crippen molar-refractivity contribution < 1.29 is 14.9 Å². The summed E-state index contributed by atoms with van der Waals surface area (Å²) in [5.41, 5.74) is 2.19. The molecule has 0 spiro atoms. The third-order valence-electron chi connectivity index (χ3n) is 2.77. The summed E-state index contributed by atoms with van der Waals surface area (Å²) in [6.07, 6.45) is 0.739. The quantitative estimate of drug-likeness (QED) is 0.660. The maximum Gasteiger partial charge on any atom is 0.160 e. The minimum absolute atomic E-state index is 0.0882. The van der Waals surface area contributed by atoms with E-state index in [4.69, 9.17) is 9.84 Å². The Hall–Kier alpha value is -1.26. The Balaban J connectivity index is 2.32. The van der Waals surface area contributed by atoms with Crippen molar-refractivity contribution in [2.75, 3.05) is 13.7 Å². The van der Waals surface area contributed by atoms with Gasteiger partial charge in [-0.25, -0.2) is 0 Å². The number of methoxy groups -OCH3 is 1. The topological polar surface area (TPSA) is 61.7 Å². The normalized spacial score (nSPS) is 19.7. The molecule has 0 aliphatic carbocycles. The van der Waals surface area contributed by atoms with E-state index < -0.39 is 0 Å². The van der Waals surface area contributed by atoms with Gasteiger partial charge in [0.1, 0.15) is 0 Å². The second kappa shape index (κ2) is 4.08. The van der Waals surface area contributed by atoms with Gasteiger partial charge in [0.25, 0.3) is 0 Å². The fourth-order valence-corrected chi connectivity index (χ4v) is 1.89. The van der Waals surface area contributed by atoms with Crippen LogP contribution in [0.1, 0.15) is 11.1 Å². The molecule has 0 radical (unpaired) electrons. The van der Waals surface area contributed by atoms with Gasteiger partial charge < -0.3 is 20.3 Å². The van der Waals surface area contributed by atoms with Crippen LogP contribution in [0.2, 0.25) is 0 Å². The van der Waals surface area contributed by atoms with Crippen LogP contribution in [0.3, 0.4) is 0 Å². The maximum atomic E-state index is 9.62. The molecule has 1 atom stereocenters. The summed E-state index contributed by atoms with van der Waals surface area (Å²) in [7, 11) is 1.54. The van der Waals surface area contributed by atoms with E-state index in [1.807, 2.05) is 6.07 Å². The van der Waals surface area contributed by atoms with Gasteiger partial charge >= 0.3 is 0 Å². The van der Waals surface area contributed by atoms with Crippen molar-refractivity contribution in [3.8, 4) is 11.5 Å². The predicted octanol–water partition coefficient (Wildman–Crippen LogP) is 0.407. The highest BCUT2D eigenvalue weighted by atomic mass is 16.5. The second-order valence-electron chi connectivity index (χ2n) is 3.76. The van der Waals surface area contributed by atoms with Gasteiger partial charge in [0.15, 0.2) is 11.5 Å². The molecular formula is C11H15NO3. The molecule has 15 heavy (non-hydrogen) atoms. The molecule has 0 amide bonds. The maximum absolute atomic E-state index is 9.62. The highest BCUT2D eigenvalue weighted by molar-refractivity contribution is 5.47. The summed E-state index contributed by atoms with van der Waals surface area (Å²) in [6, 6.07) is 3.65. The van der Waals surface area contributed by atoms with Crippen molar-refractivity contribution in [1.82, 2.24) is 5.32 Å². The molecule has 1 aromatic carbocycles. The average Bonchev–Trinajstić information content (AvgIpc) is 2.27. The van der Waals surface area contributed by atoms with Crippen LogP contribution in [0, 0.1) is 0 Å². The van der Waals surface area contributed by atoms with Crippen LogP contribution in [-0.2, 0) is 13.0 Å². The van der Waals surface area contributed by atoms with E-state index in [2.05, 4.69) is 5.32 Å². The monoisotopic (exact) mass is 209 g/mol. The van der Waals surface area contributed by atoms with Crippen LogP contribution in [-0.4, -0.2) is 30.0 Å². The lowest BCUT2D eigenvalue weighted by Crippen LogP contribution is -2.38. The molecule has 0 saturated carbocycles. The highest BCUT2D eigenvalue weighted by Gasteiger charge is 2.19. The first-order valence-corrected chi connectivity index (χ1v) is 4.97. The zero-order chi connectivity index (χ0) is 10.8. The third-order valence-corrected chi connectivity index (χ3v) is 2.77. The van der Waals surface area contributed by atoms with E-state index in [-0.39, 0.29) is 18.4 Å². The fraction of sp³-hybridized carbons (Fsp3) is 0.455. The van der Waals surface area contributed by atoms with E-state index in [1.54, 1.807) is 6.07 Å². The lowest BCUT2D eigenvalue weighted by Gasteiger charge is -2.25. The number of hydrogen-bond donors (Lipinski definition) is 3. The van der Waals surface area contributed by atoms with Crippen molar-refractivity contribution in [2.24, 2.45) is 0 Å². The Morgan fingerprint density at radius 3 is 2.93 bits per heavy atom. The number of rotatable bonds is 2. The molecule has 1 heterocycles. The van der Waals surface area contributed by atoms with Gasteiger partial charge in [-0.1, -0.05) is 0 Å². The number of aliphatic hydroxyl groups is 1. The van der Waals surface area contributed by atoms with Gasteiger partial charge in [-0.3, -0.25) is 0 Å². The molecule has 1 aliphatic heterocycles. The Morgan fingerprint density at radius 2 is 2.27 bits per heavy atom. The summed E-state index contributed by atoms with van der Waals surface area (Å²) in [6.45, 7) is 0.823. The smallest absolute Gasteiger partial charge is 0.160 e. The molecule has 1 aliphatic rings. The van der Waals surface area contributed by atoms with Crippen LogP contribution in [0.4, 0.5) is 0 Å². The zero-order valence-corrected chi connectivity index (χ0v) is 8.66. The fourth-order valence-electron chi connectivity index (χ4n) is 1.89. The summed E-state index contributed by atoms with van der Waals surface area (Å²) in [5.74, 6) is 0.660. The molecule has 0 saturated heterocycles. The number of phenols is 1.